The molecule has 116 valence electrons. The number of nitrogens with one attached hydrogen (secondary N) is 1. The van der Waals surface area contributed by atoms with E-state index in [4.69, 9.17) is 19.9 Å². The number of nitrogens with two attached hydrogens (primary N) is 1. The first-order chi connectivity index (χ1) is 10.1. The highest BCUT2D eigenvalue weighted by Crippen LogP contribution is 2.44. The molecule has 1 aromatic carbocycles. The van der Waals surface area contributed by atoms with Crippen LogP contribution >= 0.6 is 0 Å². The summed E-state index contributed by atoms with van der Waals surface area (Å²) < 4.78 is 15.7. The van der Waals surface area contributed by atoms with Gasteiger partial charge in [0.2, 0.25) is 5.75 Å². The molecule has 0 aliphatic heterocycles. The van der Waals surface area contributed by atoms with Crippen molar-refractivity contribution in [3.05, 3.63) is 17.7 Å². The molecule has 1 saturated carbocycles. The van der Waals surface area contributed by atoms with E-state index in [0.717, 1.165) is 12.8 Å². The quantitative estimate of drug-likeness (QED) is 0.789. The van der Waals surface area contributed by atoms with Gasteiger partial charge < -0.3 is 25.3 Å². The minimum absolute atomic E-state index is 0.0936. The Morgan fingerprint density at radius 3 is 2.14 bits per heavy atom. The Hall–Kier alpha value is -1.95. The van der Waals surface area contributed by atoms with E-state index < -0.39 is 0 Å². The van der Waals surface area contributed by atoms with Crippen molar-refractivity contribution in [1.82, 2.24) is 5.32 Å². The number of carbonyl (C=O) groups is 1. The molecule has 0 aromatic heterocycles. The molecule has 0 saturated heterocycles. The van der Waals surface area contributed by atoms with Gasteiger partial charge in [-0.05, 0) is 31.5 Å². The Balaban J connectivity index is 2.16. The summed E-state index contributed by atoms with van der Waals surface area (Å²) in [6.07, 6.45) is 2.14. The van der Waals surface area contributed by atoms with Crippen LogP contribution in [0.5, 0.6) is 17.2 Å². The molecule has 1 amide bonds. The molecule has 1 aliphatic rings. The van der Waals surface area contributed by atoms with E-state index in [1.165, 1.54) is 21.3 Å². The molecule has 1 fully saturated rings. The summed E-state index contributed by atoms with van der Waals surface area (Å²) in [6.45, 7) is 1.20. The van der Waals surface area contributed by atoms with Gasteiger partial charge in [-0.3, -0.25) is 4.79 Å². The predicted octanol–water partition coefficient (Wildman–Crippen LogP) is 1.18. The molecular formula is C15H22N2O4. The zero-order valence-electron chi connectivity index (χ0n) is 12.7. The number of ether oxygens (including phenoxy) is 3. The van der Waals surface area contributed by atoms with E-state index in [1.807, 2.05) is 0 Å². The number of hydrogen-bond acceptors (Lipinski definition) is 5. The van der Waals surface area contributed by atoms with Crippen molar-refractivity contribution in [1.29, 1.82) is 0 Å². The maximum Gasteiger partial charge on any atom is 0.251 e. The van der Waals surface area contributed by atoms with E-state index in [0.29, 0.717) is 35.9 Å². The maximum absolute atomic E-state index is 12.3. The number of hydrogen-bond donors (Lipinski definition) is 2. The largest absolute Gasteiger partial charge is 0.493 e. The summed E-state index contributed by atoms with van der Waals surface area (Å²) in [5, 5.41) is 2.92. The summed E-state index contributed by atoms with van der Waals surface area (Å²) in [5.41, 5.74) is 6.28. The van der Waals surface area contributed by atoms with E-state index in [2.05, 4.69) is 5.32 Å². The molecule has 6 heteroatoms. The van der Waals surface area contributed by atoms with Crippen molar-refractivity contribution in [2.24, 2.45) is 11.1 Å². The van der Waals surface area contributed by atoms with Crippen LogP contribution in [0.4, 0.5) is 0 Å². The highest BCUT2D eigenvalue weighted by molar-refractivity contribution is 5.95. The first-order valence-electron chi connectivity index (χ1n) is 6.87. The van der Waals surface area contributed by atoms with Crippen LogP contribution in [-0.4, -0.2) is 40.3 Å². The second-order valence-electron chi connectivity index (χ2n) is 5.30. The molecule has 0 heterocycles. The van der Waals surface area contributed by atoms with Gasteiger partial charge in [0.1, 0.15) is 0 Å². The fourth-order valence-corrected chi connectivity index (χ4v) is 2.21. The average Bonchev–Trinajstić information content (AvgIpc) is 3.31. The van der Waals surface area contributed by atoms with E-state index in [9.17, 15) is 4.79 Å². The maximum atomic E-state index is 12.3. The second kappa shape index (κ2) is 6.22. The standard InChI is InChI=1S/C15H22N2O4/c1-19-11-6-10(7-12(20-2)13(11)21-3)14(18)17-9-15(8-16)4-5-15/h6-7H,4-5,8-9,16H2,1-3H3,(H,17,18). The van der Waals surface area contributed by atoms with E-state index >= 15 is 0 Å². The number of benzene rings is 1. The molecule has 0 spiro atoms. The molecule has 6 nitrogen and oxygen atoms in total. The molecule has 1 aromatic rings. The van der Waals surface area contributed by atoms with Gasteiger partial charge in [0.25, 0.3) is 5.91 Å². The van der Waals surface area contributed by atoms with Gasteiger partial charge in [-0.15, -0.1) is 0 Å². The van der Waals surface area contributed by atoms with Gasteiger partial charge in [0, 0.05) is 17.5 Å². The van der Waals surface area contributed by atoms with Crippen molar-refractivity contribution in [2.45, 2.75) is 12.8 Å². The number of carbonyl (C=O) groups excluding carboxylic acids is 1. The smallest absolute Gasteiger partial charge is 0.251 e. The normalized spacial score (nSPS) is 15.2. The van der Waals surface area contributed by atoms with Crippen LogP contribution in [0.15, 0.2) is 12.1 Å². The fraction of sp³-hybridized carbons (Fsp3) is 0.533. The zero-order valence-corrected chi connectivity index (χ0v) is 12.7. The SMILES string of the molecule is COc1cc(C(=O)NCC2(CN)CC2)cc(OC)c1OC. The minimum Gasteiger partial charge on any atom is -0.493 e. The third-order valence-electron chi connectivity index (χ3n) is 3.94. The lowest BCUT2D eigenvalue weighted by Gasteiger charge is -2.16. The Morgan fingerprint density at radius 1 is 1.19 bits per heavy atom. The average molecular weight is 294 g/mol. The van der Waals surface area contributed by atoms with Gasteiger partial charge in [-0.1, -0.05) is 0 Å². The Labute approximate surface area is 124 Å². The second-order valence-corrected chi connectivity index (χ2v) is 5.30. The van der Waals surface area contributed by atoms with Crippen molar-refractivity contribution in [3.63, 3.8) is 0 Å². The van der Waals surface area contributed by atoms with E-state index in [1.54, 1.807) is 12.1 Å². The van der Waals surface area contributed by atoms with Crippen LogP contribution in [0.2, 0.25) is 0 Å². The van der Waals surface area contributed by atoms with Crippen molar-refractivity contribution in [2.75, 3.05) is 34.4 Å². The monoisotopic (exact) mass is 294 g/mol. The van der Waals surface area contributed by atoms with Crippen LogP contribution in [0.1, 0.15) is 23.2 Å². The molecule has 1 aliphatic carbocycles. The van der Waals surface area contributed by atoms with Gasteiger partial charge in [-0.2, -0.15) is 0 Å². The van der Waals surface area contributed by atoms with Crippen LogP contribution in [0.3, 0.4) is 0 Å². The highest BCUT2D eigenvalue weighted by atomic mass is 16.5. The van der Waals surface area contributed by atoms with Crippen LogP contribution in [0, 0.1) is 5.41 Å². The summed E-state index contributed by atoms with van der Waals surface area (Å²) in [4.78, 5) is 12.3. The molecule has 21 heavy (non-hydrogen) atoms. The first kappa shape index (κ1) is 15.4. The van der Waals surface area contributed by atoms with Crippen LogP contribution in [-0.2, 0) is 0 Å². The molecule has 0 bridgehead atoms. The van der Waals surface area contributed by atoms with Crippen molar-refractivity contribution < 1.29 is 19.0 Å². The zero-order chi connectivity index (χ0) is 15.5. The van der Waals surface area contributed by atoms with Crippen LogP contribution in [0.25, 0.3) is 0 Å². The minimum atomic E-state index is -0.172. The number of rotatable bonds is 7. The Kier molecular flexibility index (Phi) is 4.57. The number of amides is 1. The topological polar surface area (TPSA) is 82.8 Å². The Bertz CT molecular complexity index is 501. The summed E-state index contributed by atoms with van der Waals surface area (Å²) >= 11 is 0. The van der Waals surface area contributed by atoms with E-state index in [-0.39, 0.29) is 11.3 Å². The lowest BCUT2D eigenvalue weighted by molar-refractivity contribution is 0.0944. The summed E-state index contributed by atoms with van der Waals surface area (Å²) in [5.74, 6) is 1.22. The molecule has 0 unspecified atom stereocenters. The van der Waals surface area contributed by atoms with Gasteiger partial charge in [0.05, 0.1) is 21.3 Å². The van der Waals surface area contributed by atoms with Gasteiger partial charge in [-0.25, -0.2) is 0 Å². The molecule has 0 atom stereocenters. The lowest BCUT2D eigenvalue weighted by atomic mass is 10.1. The molecule has 3 N–H and O–H groups in total. The van der Waals surface area contributed by atoms with Crippen molar-refractivity contribution in [3.8, 4) is 17.2 Å². The third kappa shape index (κ3) is 3.21. The first-order valence-corrected chi connectivity index (χ1v) is 6.87. The van der Waals surface area contributed by atoms with Crippen molar-refractivity contribution >= 4 is 5.91 Å². The molecule has 0 radical (unpaired) electrons. The Morgan fingerprint density at radius 2 is 1.76 bits per heavy atom. The van der Waals surface area contributed by atoms with Crippen LogP contribution < -0.4 is 25.3 Å². The number of methoxy groups -OCH3 is 3. The summed E-state index contributed by atoms with van der Waals surface area (Å²) in [7, 11) is 4.57. The molecular weight excluding hydrogens is 272 g/mol. The predicted molar refractivity (Wildman–Crippen MR) is 79.2 cm³/mol. The van der Waals surface area contributed by atoms with Gasteiger partial charge >= 0.3 is 0 Å². The lowest BCUT2D eigenvalue weighted by Crippen LogP contribution is -2.33. The fourth-order valence-electron chi connectivity index (χ4n) is 2.21. The van der Waals surface area contributed by atoms with Gasteiger partial charge in [0.15, 0.2) is 11.5 Å². The third-order valence-corrected chi connectivity index (χ3v) is 3.94. The summed E-state index contributed by atoms with van der Waals surface area (Å²) in [6, 6.07) is 3.28. The highest BCUT2D eigenvalue weighted by Gasteiger charge is 2.41. The molecule has 2 rings (SSSR count).